The van der Waals surface area contributed by atoms with Gasteiger partial charge in [-0.15, -0.1) is 0 Å². The summed E-state index contributed by atoms with van der Waals surface area (Å²) in [4.78, 5) is 16.0. The Bertz CT molecular complexity index is 978. The number of carbonyl (C=O) groups excluding carboxylic acids is 1. The van der Waals surface area contributed by atoms with Crippen LogP contribution in [0.4, 0.5) is 0 Å². The van der Waals surface area contributed by atoms with E-state index in [4.69, 9.17) is 9.47 Å². The Labute approximate surface area is 172 Å². The summed E-state index contributed by atoms with van der Waals surface area (Å²) >= 11 is 0. The molecule has 0 radical (unpaired) electrons. The lowest BCUT2D eigenvalue weighted by Crippen LogP contribution is -2.30. The third kappa shape index (κ3) is 4.02. The van der Waals surface area contributed by atoms with E-state index >= 15 is 0 Å². The van der Waals surface area contributed by atoms with Gasteiger partial charge in [-0.3, -0.25) is 4.98 Å². The molecule has 0 aliphatic carbocycles. The maximum Gasteiger partial charge on any atom is 0.337 e. The molecule has 0 aliphatic heterocycles. The van der Waals surface area contributed by atoms with Crippen LogP contribution >= 0.6 is 0 Å². The Balaban J connectivity index is 1.97. The number of aromatic nitrogens is 1. The second-order valence-corrected chi connectivity index (χ2v) is 7.62. The van der Waals surface area contributed by atoms with Crippen molar-refractivity contribution >= 4 is 5.97 Å². The van der Waals surface area contributed by atoms with Crippen LogP contribution in [0.15, 0.2) is 67.0 Å². The molecule has 1 atom stereocenters. The van der Waals surface area contributed by atoms with E-state index in [-0.39, 0.29) is 11.4 Å². The zero-order valence-electron chi connectivity index (χ0n) is 17.6. The molecule has 0 fully saturated rings. The van der Waals surface area contributed by atoms with Gasteiger partial charge in [-0.1, -0.05) is 57.2 Å². The van der Waals surface area contributed by atoms with Crippen molar-refractivity contribution in [1.29, 1.82) is 0 Å². The lowest BCUT2D eigenvalue weighted by molar-refractivity contribution is 0.0600. The highest BCUT2D eigenvalue weighted by molar-refractivity contribution is 5.89. The average molecular weight is 389 g/mol. The van der Waals surface area contributed by atoms with Gasteiger partial charge >= 0.3 is 5.97 Å². The summed E-state index contributed by atoms with van der Waals surface area (Å²) in [5, 5.41) is 0. The number of carbonyl (C=O) groups is 1. The Kier molecular flexibility index (Phi) is 6.02. The van der Waals surface area contributed by atoms with Crippen LogP contribution in [0.3, 0.4) is 0 Å². The molecule has 0 N–H and O–H groups in total. The molecule has 2 aromatic carbocycles. The highest BCUT2D eigenvalue weighted by Gasteiger charge is 2.32. The van der Waals surface area contributed by atoms with E-state index in [9.17, 15) is 4.79 Å². The molecular weight excluding hydrogens is 362 g/mol. The highest BCUT2D eigenvalue weighted by atomic mass is 16.5. The SMILES string of the molecule is COC(=O)c1ccc(C(C)(c2ccc(-c3cncc(OC)c3)cc2)C(C)C)cc1. The second kappa shape index (κ2) is 8.48. The van der Waals surface area contributed by atoms with Gasteiger partial charge in [0.2, 0.25) is 0 Å². The van der Waals surface area contributed by atoms with Crippen molar-refractivity contribution in [2.45, 2.75) is 26.2 Å². The topological polar surface area (TPSA) is 48.4 Å². The molecule has 0 saturated carbocycles. The molecule has 1 unspecified atom stereocenters. The van der Waals surface area contributed by atoms with E-state index in [0.29, 0.717) is 11.5 Å². The third-order valence-electron chi connectivity index (χ3n) is 5.83. The van der Waals surface area contributed by atoms with Gasteiger partial charge in [-0.05, 0) is 40.8 Å². The van der Waals surface area contributed by atoms with Crippen LogP contribution in [0.2, 0.25) is 0 Å². The zero-order valence-corrected chi connectivity index (χ0v) is 17.6. The molecule has 150 valence electrons. The van der Waals surface area contributed by atoms with Crippen molar-refractivity contribution in [3.63, 3.8) is 0 Å². The van der Waals surface area contributed by atoms with E-state index in [2.05, 4.69) is 50.0 Å². The van der Waals surface area contributed by atoms with Crippen LogP contribution in [-0.2, 0) is 10.2 Å². The van der Waals surface area contributed by atoms with Gasteiger partial charge in [0.25, 0.3) is 0 Å². The van der Waals surface area contributed by atoms with E-state index < -0.39 is 0 Å². The van der Waals surface area contributed by atoms with Crippen LogP contribution in [0.1, 0.15) is 42.3 Å². The summed E-state index contributed by atoms with van der Waals surface area (Å²) in [7, 11) is 3.04. The number of hydrogen-bond acceptors (Lipinski definition) is 4. The van der Waals surface area contributed by atoms with Crippen molar-refractivity contribution in [3.8, 4) is 16.9 Å². The maximum absolute atomic E-state index is 11.8. The van der Waals surface area contributed by atoms with E-state index in [1.807, 2.05) is 36.5 Å². The number of pyridine rings is 1. The first-order chi connectivity index (χ1) is 13.9. The zero-order chi connectivity index (χ0) is 21.0. The molecule has 0 amide bonds. The van der Waals surface area contributed by atoms with E-state index in [1.54, 1.807) is 13.3 Å². The molecule has 1 heterocycles. The van der Waals surface area contributed by atoms with Crippen LogP contribution in [-0.4, -0.2) is 25.2 Å². The average Bonchev–Trinajstić information content (AvgIpc) is 2.78. The standard InChI is InChI=1S/C25H27NO3/c1-17(2)25(3,22-12-8-19(9-13-22)24(27)29-5)21-10-6-18(7-11-21)20-14-23(28-4)16-26-15-20/h6-17H,1-5H3. The smallest absolute Gasteiger partial charge is 0.337 e. The lowest BCUT2D eigenvalue weighted by atomic mass is 9.68. The minimum Gasteiger partial charge on any atom is -0.495 e. The fourth-order valence-corrected chi connectivity index (χ4v) is 3.60. The number of hydrogen-bond donors (Lipinski definition) is 0. The van der Waals surface area contributed by atoms with Gasteiger partial charge in [0.1, 0.15) is 5.75 Å². The van der Waals surface area contributed by atoms with Gasteiger partial charge in [-0.2, -0.15) is 0 Å². The van der Waals surface area contributed by atoms with Gasteiger partial charge in [0.15, 0.2) is 0 Å². The fourth-order valence-electron chi connectivity index (χ4n) is 3.60. The molecule has 3 rings (SSSR count). The summed E-state index contributed by atoms with van der Waals surface area (Å²) in [6.07, 6.45) is 3.54. The monoisotopic (exact) mass is 389 g/mol. The molecule has 1 aromatic heterocycles. The first-order valence-electron chi connectivity index (χ1n) is 9.69. The number of ether oxygens (including phenoxy) is 2. The van der Waals surface area contributed by atoms with Crippen molar-refractivity contribution < 1.29 is 14.3 Å². The van der Waals surface area contributed by atoms with E-state index in [0.717, 1.165) is 22.4 Å². The molecule has 0 saturated heterocycles. The number of benzene rings is 2. The van der Waals surface area contributed by atoms with E-state index in [1.165, 1.54) is 12.7 Å². The largest absolute Gasteiger partial charge is 0.495 e. The predicted octanol–water partition coefficient (Wildman–Crippen LogP) is 5.51. The summed E-state index contributed by atoms with van der Waals surface area (Å²) < 4.78 is 10.1. The minimum absolute atomic E-state index is 0.195. The summed E-state index contributed by atoms with van der Waals surface area (Å²) in [6.45, 7) is 6.68. The maximum atomic E-state index is 11.8. The first kappa shape index (κ1) is 20.6. The Morgan fingerprint density at radius 3 is 2.00 bits per heavy atom. The summed E-state index contributed by atoms with van der Waals surface area (Å²) in [6, 6.07) is 18.3. The molecule has 4 heteroatoms. The molecular formula is C25H27NO3. The van der Waals surface area contributed by atoms with Crippen LogP contribution in [0, 0.1) is 5.92 Å². The predicted molar refractivity (Wildman–Crippen MR) is 115 cm³/mol. The molecule has 29 heavy (non-hydrogen) atoms. The van der Waals surface area contributed by atoms with Crippen LogP contribution < -0.4 is 4.74 Å². The molecule has 0 bridgehead atoms. The number of methoxy groups -OCH3 is 2. The number of nitrogens with zero attached hydrogens (tertiary/aromatic N) is 1. The van der Waals surface area contributed by atoms with Gasteiger partial charge in [0.05, 0.1) is 26.0 Å². The minimum atomic E-state index is -0.320. The van der Waals surface area contributed by atoms with Crippen LogP contribution in [0.25, 0.3) is 11.1 Å². The molecule has 0 spiro atoms. The summed E-state index contributed by atoms with van der Waals surface area (Å²) in [5.41, 5.74) is 4.86. The lowest BCUT2D eigenvalue weighted by Gasteiger charge is -2.35. The Hall–Kier alpha value is -3.14. The Morgan fingerprint density at radius 1 is 0.897 bits per heavy atom. The second-order valence-electron chi connectivity index (χ2n) is 7.62. The van der Waals surface area contributed by atoms with Gasteiger partial charge < -0.3 is 9.47 Å². The quantitative estimate of drug-likeness (QED) is 0.522. The summed E-state index contributed by atoms with van der Waals surface area (Å²) in [5.74, 6) is 0.777. The normalized spacial score (nSPS) is 13.0. The van der Waals surface area contributed by atoms with Crippen molar-refractivity contribution in [3.05, 3.63) is 83.7 Å². The first-order valence-corrected chi connectivity index (χ1v) is 9.69. The number of esters is 1. The van der Waals surface area contributed by atoms with Crippen LogP contribution in [0.5, 0.6) is 5.75 Å². The number of rotatable bonds is 6. The van der Waals surface area contributed by atoms with Gasteiger partial charge in [-0.25, -0.2) is 4.79 Å². The fraction of sp³-hybridized carbons (Fsp3) is 0.280. The van der Waals surface area contributed by atoms with Crippen molar-refractivity contribution in [1.82, 2.24) is 4.98 Å². The molecule has 0 aliphatic rings. The Morgan fingerprint density at radius 2 is 1.48 bits per heavy atom. The highest BCUT2D eigenvalue weighted by Crippen LogP contribution is 2.39. The molecule has 3 aromatic rings. The third-order valence-corrected chi connectivity index (χ3v) is 5.83. The van der Waals surface area contributed by atoms with Crippen molar-refractivity contribution in [2.24, 2.45) is 5.92 Å². The van der Waals surface area contributed by atoms with Crippen molar-refractivity contribution in [2.75, 3.05) is 14.2 Å². The molecule has 4 nitrogen and oxygen atoms in total. The van der Waals surface area contributed by atoms with Gasteiger partial charge in [0, 0.05) is 17.2 Å².